The average Bonchev–Trinajstić information content (AvgIpc) is 2.28. The number of halogens is 1. The Bertz CT molecular complexity index is 190. The molecule has 14 heavy (non-hydrogen) atoms. The molecular weight excluding hydrogens is 181 g/mol. The zero-order valence-corrected chi connectivity index (χ0v) is 9.88. The van der Waals surface area contributed by atoms with E-state index in [2.05, 4.69) is 4.90 Å². The fourth-order valence-electron chi connectivity index (χ4n) is 1.74. The lowest BCUT2D eigenvalue weighted by molar-refractivity contribution is -0.0276. The van der Waals surface area contributed by atoms with Crippen molar-refractivity contribution in [1.29, 1.82) is 0 Å². The van der Waals surface area contributed by atoms with Crippen LogP contribution in [0.25, 0.3) is 0 Å². The van der Waals surface area contributed by atoms with Gasteiger partial charge in [0, 0.05) is 12.1 Å². The van der Waals surface area contributed by atoms with Gasteiger partial charge in [-0.25, -0.2) is 4.39 Å². The van der Waals surface area contributed by atoms with Crippen LogP contribution in [0.15, 0.2) is 0 Å². The van der Waals surface area contributed by atoms with E-state index < -0.39 is 6.17 Å². The summed E-state index contributed by atoms with van der Waals surface area (Å²) in [6, 6.07) is 0.266. The van der Waals surface area contributed by atoms with Crippen LogP contribution in [0.3, 0.4) is 0 Å². The smallest absolute Gasteiger partial charge is 0.117 e. The number of hydrogen-bond donors (Lipinski definition) is 0. The topological polar surface area (TPSA) is 12.5 Å². The Hall–Kier alpha value is -0.150. The third-order valence-electron chi connectivity index (χ3n) is 2.95. The minimum atomic E-state index is -0.700. The van der Waals surface area contributed by atoms with Crippen molar-refractivity contribution < 1.29 is 9.13 Å². The molecule has 0 radical (unpaired) electrons. The Balaban J connectivity index is 2.40. The zero-order valence-electron chi connectivity index (χ0n) is 9.88. The van der Waals surface area contributed by atoms with Crippen LogP contribution in [-0.2, 0) is 4.74 Å². The van der Waals surface area contributed by atoms with Gasteiger partial charge in [0.05, 0.1) is 12.2 Å². The van der Waals surface area contributed by atoms with Crippen molar-refractivity contribution in [2.45, 2.75) is 58.0 Å². The molecule has 0 spiro atoms. The van der Waals surface area contributed by atoms with E-state index in [9.17, 15) is 4.39 Å². The molecule has 1 aliphatic rings. The second-order valence-electron chi connectivity index (χ2n) is 5.23. The summed E-state index contributed by atoms with van der Waals surface area (Å²) < 4.78 is 19.0. The number of likely N-dealkylation sites (tertiary alicyclic amines) is 1. The molecule has 3 heteroatoms. The molecular formula is C11H22FNO. The molecule has 0 aromatic rings. The predicted molar refractivity (Wildman–Crippen MR) is 56.2 cm³/mol. The maximum atomic E-state index is 13.3. The summed E-state index contributed by atoms with van der Waals surface area (Å²) in [5, 5.41) is 0. The fraction of sp³-hybridized carbons (Fsp3) is 1.00. The quantitative estimate of drug-likeness (QED) is 0.682. The highest BCUT2D eigenvalue weighted by Gasteiger charge is 2.36. The van der Waals surface area contributed by atoms with Crippen LogP contribution in [0, 0.1) is 0 Å². The van der Waals surface area contributed by atoms with Crippen molar-refractivity contribution in [3.8, 4) is 0 Å². The van der Waals surface area contributed by atoms with Crippen LogP contribution in [0.5, 0.6) is 0 Å². The molecule has 0 amide bonds. The third kappa shape index (κ3) is 2.92. The second kappa shape index (κ2) is 4.15. The Morgan fingerprint density at radius 2 is 2.00 bits per heavy atom. The van der Waals surface area contributed by atoms with Gasteiger partial charge in [-0.15, -0.1) is 0 Å². The first-order valence-corrected chi connectivity index (χ1v) is 5.31. The van der Waals surface area contributed by atoms with E-state index >= 15 is 0 Å². The number of alkyl halides is 1. The van der Waals surface area contributed by atoms with Crippen molar-refractivity contribution in [1.82, 2.24) is 4.90 Å². The molecule has 0 aromatic carbocycles. The summed E-state index contributed by atoms with van der Waals surface area (Å²) in [6.45, 7) is 8.64. The van der Waals surface area contributed by atoms with Crippen molar-refractivity contribution >= 4 is 0 Å². The third-order valence-corrected chi connectivity index (χ3v) is 2.95. The van der Waals surface area contributed by atoms with Gasteiger partial charge in [0.1, 0.15) is 6.17 Å². The highest BCUT2D eigenvalue weighted by Crippen LogP contribution is 2.26. The number of nitrogens with zero attached hydrogens (tertiary/aromatic N) is 1. The summed E-state index contributed by atoms with van der Waals surface area (Å²) in [5.41, 5.74) is -0.127. The molecule has 0 aromatic heterocycles. The summed E-state index contributed by atoms with van der Waals surface area (Å²) in [6.07, 6.45) is -0.0955. The Labute approximate surface area is 86.4 Å². The van der Waals surface area contributed by atoms with E-state index in [0.717, 1.165) is 0 Å². The molecule has 0 unspecified atom stereocenters. The van der Waals surface area contributed by atoms with Crippen LogP contribution in [0.4, 0.5) is 4.39 Å². The molecule has 84 valence electrons. The first-order valence-electron chi connectivity index (χ1n) is 5.31. The van der Waals surface area contributed by atoms with E-state index in [0.29, 0.717) is 13.0 Å². The molecule has 0 N–H and O–H groups in total. The monoisotopic (exact) mass is 203 g/mol. The minimum Gasteiger partial charge on any atom is -0.374 e. The van der Waals surface area contributed by atoms with Crippen molar-refractivity contribution in [3.63, 3.8) is 0 Å². The minimum absolute atomic E-state index is 0.0311. The molecule has 0 saturated carbocycles. The van der Waals surface area contributed by atoms with E-state index in [1.807, 2.05) is 34.7 Å². The normalized spacial score (nSPS) is 35.1. The average molecular weight is 203 g/mol. The van der Waals surface area contributed by atoms with Gasteiger partial charge >= 0.3 is 0 Å². The summed E-state index contributed by atoms with van der Waals surface area (Å²) >= 11 is 0. The van der Waals surface area contributed by atoms with Gasteiger partial charge in [-0.3, -0.25) is 4.90 Å². The predicted octanol–water partition coefficient (Wildman–Crippen LogP) is 2.23. The van der Waals surface area contributed by atoms with Crippen LogP contribution in [0.1, 0.15) is 34.1 Å². The standard InChI is InChI=1S/C11H22FNO/c1-8-10(12)6-9(13(8)5)7-14-11(2,3)4/h8-10H,6-7H2,1-5H3/t8-,9-,10+/m0/s1. The molecule has 1 aliphatic heterocycles. The van der Waals surface area contributed by atoms with Crippen molar-refractivity contribution in [3.05, 3.63) is 0 Å². The van der Waals surface area contributed by atoms with Gasteiger partial charge in [0.2, 0.25) is 0 Å². The SMILES string of the molecule is C[C@H]1[C@H](F)C[C@@H](COC(C)(C)C)N1C. The molecule has 1 heterocycles. The molecule has 1 rings (SSSR count). The molecule has 1 fully saturated rings. The maximum absolute atomic E-state index is 13.3. The number of likely N-dealkylation sites (N-methyl/N-ethyl adjacent to an activating group) is 1. The largest absolute Gasteiger partial charge is 0.374 e. The number of rotatable bonds is 2. The van der Waals surface area contributed by atoms with Gasteiger partial charge in [-0.2, -0.15) is 0 Å². The van der Waals surface area contributed by atoms with E-state index in [-0.39, 0.29) is 17.7 Å². The Morgan fingerprint density at radius 3 is 2.36 bits per heavy atom. The summed E-state index contributed by atoms with van der Waals surface area (Å²) in [5.74, 6) is 0. The lowest BCUT2D eigenvalue weighted by Crippen LogP contribution is -2.36. The number of ether oxygens (including phenoxy) is 1. The van der Waals surface area contributed by atoms with Crippen molar-refractivity contribution in [2.75, 3.05) is 13.7 Å². The summed E-state index contributed by atoms with van der Waals surface area (Å²) in [4.78, 5) is 2.08. The molecule has 3 atom stereocenters. The number of hydrogen-bond acceptors (Lipinski definition) is 2. The first-order chi connectivity index (χ1) is 6.31. The Kier molecular flexibility index (Phi) is 3.53. The van der Waals surface area contributed by atoms with Gasteiger partial charge in [0.25, 0.3) is 0 Å². The lowest BCUT2D eigenvalue weighted by Gasteiger charge is -2.27. The highest BCUT2D eigenvalue weighted by atomic mass is 19.1. The lowest BCUT2D eigenvalue weighted by atomic mass is 10.1. The van der Waals surface area contributed by atoms with Crippen molar-refractivity contribution in [2.24, 2.45) is 0 Å². The second-order valence-corrected chi connectivity index (χ2v) is 5.23. The summed E-state index contributed by atoms with van der Waals surface area (Å²) in [7, 11) is 1.97. The highest BCUT2D eigenvalue weighted by molar-refractivity contribution is 4.90. The molecule has 0 aliphatic carbocycles. The molecule has 2 nitrogen and oxygen atoms in total. The van der Waals surface area contributed by atoms with Gasteiger partial charge in [-0.1, -0.05) is 0 Å². The van der Waals surface area contributed by atoms with Crippen LogP contribution < -0.4 is 0 Å². The first kappa shape index (κ1) is 11.9. The van der Waals surface area contributed by atoms with Crippen LogP contribution in [0.2, 0.25) is 0 Å². The van der Waals surface area contributed by atoms with E-state index in [1.54, 1.807) is 0 Å². The fourth-order valence-corrected chi connectivity index (χ4v) is 1.74. The van der Waals surface area contributed by atoms with Gasteiger partial charge < -0.3 is 4.74 Å². The van der Waals surface area contributed by atoms with E-state index in [1.165, 1.54) is 0 Å². The maximum Gasteiger partial charge on any atom is 0.117 e. The van der Waals surface area contributed by atoms with Gasteiger partial charge in [-0.05, 0) is 41.2 Å². The van der Waals surface area contributed by atoms with E-state index in [4.69, 9.17) is 4.74 Å². The van der Waals surface area contributed by atoms with Gasteiger partial charge in [0.15, 0.2) is 0 Å². The molecule has 0 bridgehead atoms. The van der Waals surface area contributed by atoms with Crippen LogP contribution >= 0.6 is 0 Å². The zero-order chi connectivity index (χ0) is 10.9. The Morgan fingerprint density at radius 1 is 1.43 bits per heavy atom. The van der Waals surface area contributed by atoms with Crippen LogP contribution in [-0.4, -0.2) is 42.4 Å². The molecule has 1 saturated heterocycles.